The molecule has 0 aliphatic carbocycles. The molecule has 0 aromatic heterocycles. The minimum Gasteiger partial charge on any atom is -0.338 e. The molecule has 1 aromatic carbocycles. The van der Waals surface area contributed by atoms with Gasteiger partial charge in [-0.15, -0.1) is 0 Å². The van der Waals surface area contributed by atoms with Crippen LogP contribution in [0.25, 0.3) is 0 Å². The summed E-state index contributed by atoms with van der Waals surface area (Å²) in [6.07, 6.45) is 4.16. The van der Waals surface area contributed by atoms with Crippen molar-refractivity contribution in [2.75, 3.05) is 13.1 Å². The lowest BCUT2D eigenvalue weighted by molar-refractivity contribution is -0.141. The third kappa shape index (κ3) is 3.42. The van der Waals surface area contributed by atoms with Crippen LogP contribution in [0, 0.1) is 5.82 Å². The van der Waals surface area contributed by atoms with Gasteiger partial charge in [0, 0.05) is 12.6 Å². The predicted octanol–water partition coefficient (Wildman–Crippen LogP) is 2.77. The second-order valence-electron chi connectivity index (χ2n) is 7.23. The highest BCUT2D eigenvalue weighted by atomic mass is 19.1. The minimum absolute atomic E-state index is 0.167. The molecule has 6 nitrogen and oxygen atoms in total. The van der Waals surface area contributed by atoms with E-state index in [2.05, 4.69) is 5.32 Å². The van der Waals surface area contributed by atoms with Crippen LogP contribution < -0.4 is 5.32 Å². The van der Waals surface area contributed by atoms with E-state index in [1.807, 2.05) is 6.92 Å². The molecule has 2 saturated heterocycles. The maximum atomic E-state index is 13.3. The van der Waals surface area contributed by atoms with Crippen LogP contribution >= 0.6 is 0 Å². The first-order valence-corrected chi connectivity index (χ1v) is 9.62. The molecule has 2 atom stereocenters. The Morgan fingerprint density at radius 3 is 2.56 bits per heavy atom. The zero-order valence-corrected chi connectivity index (χ0v) is 15.8. The molecule has 2 heterocycles. The summed E-state index contributed by atoms with van der Waals surface area (Å²) in [5.74, 6) is -1.07. The number of nitrogens with one attached hydrogen (secondary N) is 1. The van der Waals surface area contributed by atoms with E-state index in [9.17, 15) is 18.8 Å². The summed E-state index contributed by atoms with van der Waals surface area (Å²) in [5.41, 5.74) is -0.735. The number of piperidine rings is 1. The van der Waals surface area contributed by atoms with E-state index in [1.54, 1.807) is 11.8 Å². The normalized spacial score (nSPS) is 25.7. The quantitative estimate of drug-likeness (QED) is 0.805. The number of carbonyl (C=O) groups is 3. The Labute approximate surface area is 158 Å². The first-order chi connectivity index (χ1) is 12.9. The third-order valence-electron chi connectivity index (χ3n) is 5.76. The number of imide groups is 1. The van der Waals surface area contributed by atoms with Crippen molar-refractivity contribution in [2.45, 2.75) is 57.5 Å². The number of carbonyl (C=O) groups excluding carboxylic acids is 3. The number of hydrogen-bond acceptors (Lipinski definition) is 3. The van der Waals surface area contributed by atoms with Crippen molar-refractivity contribution in [3.8, 4) is 0 Å². The molecule has 0 saturated carbocycles. The Balaban J connectivity index is 1.81. The highest BCUT2D eigenvalue weighted by molar-refractivity contribution is 6.09. The number of amides is 4. The van der Waals surface area contributed by atoms with Crippen molar-refractivity contribution < 1.29 is 18.8 Å². The fourth-order valence-corrected chi connectivity index (χ4v) is 4.12. The number of nitrogens with zero attached hydrogens (tertiary/aromatic N) is 2. The van der Waals surface area contributed by atoms with Gasteiger partial charge in [-0.3, -0.25) is 14.5 Å². The molecule has 2 fully saturated rings. The van der Waals surface area contributed by atoms with E-state index in [-0.39, 0.29) is 18.5 Å². The molecule has 1 N–H and O–H groups in total. The maximum Gasteiger partial charge on any atom is 0.325 e. The van der Waals surface area contributed by atoms with Gasteiger partial charge >= 0.3 is 6.03 Å². The zero-order chi connectivity index (χ0) is 19.6. The van der Waals surface area contributed by atoms with E-state index in [0.717, 1.165) is 30.6 Å². The van der Waals surface area contributed by atoms with Gasteiger partial charge in [0.05, 0.1) is 0 Å². The summed E-state index contributed by atoms with van der Waals surface area (Å²) in [5, 5.41) is 2.73. The van der Waals surface area contributed by atoms with Crippen LogP contribution in [0.2, 0.25) is 0 Å². The monoisotopic (exact) mass is 375 g/mol. The highest BCUT2D eigenvalue weighted by Gasteiger charge is 2.52. The van der Waals surface area contributed by atoms with E-state index >= 15 is 0 Å². The molecule has 27 heavy (non-hydrogen) atoms. The Morgan fingerprint density at radius 1 is 1.22 bits per heavy atom. The van der Waals surface area contributed by atoms with Crippen molar-refractivity contribution in [1.82, 2.24) is 15.1 Å². The average Bonchev–Trinajstić information content (AvgIpc) is 2.93. The molecule has 3 rings (SSSR count). The molecule has 2 unspecified atom stereocenters. The van der Waals surface area contributed by atoms with E-state index in [1.165, 1.54) is 24.3 Å². The van der Waals surface area contributed by atoms with E-state index in [4.69, 9.17) is 0 Å². The molecule has 0 spiro atoms. The topological polar surface area (TPSA) is 69.7 Å². The van der Waals surface area contributed by atoms with Gasteiger partial charge in [0.2, 0.25) is 5.91 Å². The van der Waals surface area contributed by atoms with Crippen LogP contribution in [-0.4, -0.2) is 46.8 Å². The van der Waals surface area contributed by atoms with Gasteiger partial charge in [0.15, 0.2) is 0 Å². The van der Waals surface area contributed by atoms with E-state index in [0.29, 0.717) is 18.5 Å². The van der Waals surface area contributed by atoms with Gasteiger partial charge in [-0.25, -0.2) is 9.18 Å². The first-order valence-electron chi connectivity index (χ1n) is 9.62. The summed E-state index contributed by atoms with van der Waals surface area (Å²) < 4.78 is 13.3. The SMILES string of the molecule is CCC1CCCCN1C(=O)CN1C(=O)NC(CC)(c2ccc(F)cc2)C1=O. The molecular weight excluding hydrogens is 349 g/mol. The molecule has 7 heteroatoms. The number of rotatable bonds is 5. The molecule has 146 valence electrons. The minimum atomic E-state index is -1.25. The maximum absolute atomic E-state index is 13.3. The third-order valence-corrected chi connectivity index (χ3v) is 5.76. The fourth-order valence-electron chi connectivity index (χ4n) is 4.12. The second kappa shape index (κ2) is 7.66. The lowest BCUT2D eigenvalue weighted by Gasteiger charge is -2.36. The van der Waals surface area contributed by atoms with E-state index < -0.39 is 23.3 Å². The van der Waals surface area contributed by atoms with Gasteiger partial charge in [-0.05, 0) is 49.8 Å². The van der Waals surface area contributed by atoms with Gasteiger partial charge in [-0.1, -0.05) is 26.0 Å². The van der Waals surface area contributed by atoms with Gasteiger partial charge < -0.3 is 10.2 Å². The van der Waals surface area contributed by atoms with Gasteiger partial charge in [0.1, 0.15) is 17.9 Å². The highest BCUT2D eigenvalue weighted by Crippen LogP contribution is 2.32. The summed E-state index contributed by atoms with van der Waals surface area (Å²) in [4.78, 5) is 41.2. The lowest BCUT2D eigenvalue weighted by Crippen LogP contribution is -2.49. The molecule has 2 aliphatic heterocycles. The molecule has 0 radical (unpaired) electrons. The summed E-state index contributed by atoms with van der Waals surface area (Å²) in [6, 6.07) is 5.11. The van der Waals surface area contributed by atoms with Crippen molar-refractivity contribution in [1.29, 1.82) is 0 Å². The smallest absolute Gasteiger partial charge is 0.325 e. The number of urea groups is 1. The predicted molar refractivity (Wildman–Crippen MR) is 98.3 cm³/mol. The number of benzene rings is 1. The fraction of sp³-hybridized carbons (Fsp3) is 0.550. The van der Waals surface area contributed by atoms with Gasteiger partial charge in [-0.2, -0.15) is 0 Å². The first kappa shape index (κ1) is 19.3. The largest absolute Gasteiger partial charge is 0.338 e. The standard InChI is InChI=1S/C20H26FN3O3/c1-3-16-7-5-6-12-23(16)17(25)13-24-18(26)20(4-2,22-19(24)27)14-8-10-15(21)11-9-14/h8-11,16H,3-7,12-13H2,1-2H3,(H,22,27). The van der Waals surface area contributed by atoms with Gasteiger partial charge in [0.25, 0.3) is 5.91 Å². The van der Waals surface area contributed by atoms with Crippen molar-refractivity contribution in [3.05, 3.63) is 35.6 Å². The van der Waals surface area contributed by atoms with Crippen molar-refractivity contribution >= 4 is 17.8 Å². The lowest BCUT2D eigenvalue weighted by atomic mass is 9.87. The number of hydrogen-bond donors (Lipinski definition) is 1. The van der Waals surface area contributed by atoms with Crippen LogP contribution in [0.5, 0.6) is 0 Å². The average molecular weight is 375 g/mol. The second-order valence-corrected chi connectivity index (χ2v) is 7.23. The van der Waals surface area contributed by atoms with Crippen molar-refractivity contribution in [2.24, 2.45) is 0 Å². The Hall–Kier alpha value is -2.44. The summed E-state index contributed by atoms with van der Waals surface area (Å²) in [7, 11) is 0. The molecule has 4 amide bonds. The van der Waals surface area contributed by atoms with Crippen LogP contribution in [0.15, 0.2) is 24.3 Å². The number of likely N-dealkylation sites (tertiary alicyclic amines) is 1. The van der Waals surface area contributed by atoms with Crippen LogP contribution in [-0.2, 0) is 15.1 Å². The molecular formula is C20H26FN3O3. The Bertz CT molecular complexity index is 736. The molecule has 2 aliphatic rings. The molecule has 0 bridgehead atoms. The van der Waals surface area contributed by atoms with Crippen LogP contribution in [0.3, 0.4) is 0 Å². The Kier molecular flexibility index (Phi) is 5.48. The number of halogens is 1. The van der Waals surface area contributed by atoms with Crippen molar-refractivity contribution in [3.63, 3.8) is 0 Å². The van der Waals surface area contributed by atoms with Crippen LogP contribution in [0.1, 0.15) is 51.5 Å². The van der Waals surface area contributed by atoms with Crippen LogP contribution in [0.4, 0.5) is 9.18 Å². The molecule has 1 aromatic rings. The zero-order valence-electron chi connectivity index (χ0n) is 15.8. The summed E-state index contributed by atoms with van der Waals surface area (Å²) in [6.45, 7) is 4.23. The summed E-state index contributed by atoms with van der Waals surface area (Å²) >= 11 is 0. The Morgan fingerprint density at radius 2 is 1.93 bits per heavy atom.